The van der Waals surface area contributed by atoms with Crippen LogP contribution in [0.5, 0.6) is 5.75 Å². The number of hydrogen-bond donors (Lipinski definition) is 1. The van der Waals surface area contributed by atoms with Crippen LogP contribution in [0.15, 0.2) is 58.9 Å². The topological polar surface area (TPSA) is 88.6 Å². The van der Waals surface area contributed by atoms with Crippen molar-refractivity contribution in [2.75, 3.05) is 16.2 Å². The summed E-state index contributed by atoms with van der Waals surface area (Å²) in [6.45, 7) is 0.453. The fourth-order valence-corrected chi connectivity index (χ4v) is 5.06. The minimum atomic E-state index is -3.75. The van der Waals surface area contributed by atoms with E-state index in [-0.39, 0.29) is 17.4 Å². The Morgan fingerprint density at radius 2 is 1.93 bits per heavy atom. The number of hydrogen-bond acceptors (Lipinski definition) is 6. The molecule has 0 saturated carbocycles. The van der Waals surface area contributed by atoms with Gasteiger partial charge in [-0.3, -0.25) is 9.52 Å². The summed E-state index contributed by atoms with van der Waals surface area (Å²) in [4.78, 5) is 18.3. The van der Waals surface area contributed by atoms with Crippen molar-refractivity contribution in [3.63, 3.8) is 0 Å². The number of carbonyl (C=O) groups is 1. The third-order valence-electron chi connectivity index (χ3n) is 4.44. The van der Waals surface area contributed by atoms with E-state index in [4.69, 9.17) is 27.9 Å². The predicted molar refractivity (Wildman–Crippen MR) is 119 cm³/mol. The van der Waals surface area contributed by atoms with E-state index in [0.717, 1.165) is 0 Å². The maximum absolute atomic E-state index is 12.8. The SMILES string of the molecule is O=C1C(Oc2ccc(Cl)c(Cl)c2)CCN1c1ccc(S(=O)(=O)Nc2nccs2)cc1.[HH]. The Morgan fingerprint density at radius 1 is 1.17 bits per heavy atom. The highest BCUT2D eigenvalue weighted by Crippen LogP contribution is 2.30. The Balaban J connectivity index is 0.00000272. The van der Waals surface area contributed by atoms with Crippen molar-refractivity contribution in [3.8, 4) is 5.75 Å². The normalized spacial score (nSPS) is 16.7. The molecule has 3 aromatic rings. The van der Waals surface area contributed by atoms with Crippen LogP contribution in [0.4, 0.5) is 10.8 Å². The van der Waals surface area contributed by atoms with Crippen molar-refractivity contribution in [2.24, 2.45) is 0 Å². The molecule has 11 heteroatoms. The van der Waals surface area contributed by atoms with Gasteiger partial charge in [-0.2, -0.15) is 0 Å². The number of aromatic nitrogens is 1. The van der Waals surface area contributed by atoms with Crippen LogP contribution in [0.25, 0.3) is 0 Å². The molecule has 1 N–H and O–H groups in total. The number of rotatable bonds is 6. The number of halogens is 2. The van der Waals surface area contributed by atoms with Gasteiger partial charge < -0.3 is 9.64 Å². The molecule has 1 unspecified atom stereocenters. The first-order valence-corrected chi connectivity index (χ1v) is 11.9. The molecule has 1 aliphatic rings. The zero-order valence-corrected chi connectivity index (χ0v) is 18.4. The number of sulfonamides is 1. The third kappa shape index (κ3) is 4.39. The van der Waals surface area contributed by atoms with Crippen molar-refractivity contribution in [3.05, 3.63) is 64.1 Å². The van der Waals surface area contributed by atoms with Crippen LogP contribution in [0.3, 0.4) is 0 Å². The van der Waals surface area contributed by atoms with Gasteiger partial charge in [0.25, 0.3) is 15.9 Å². The van der Waals surface area contributed by atoms with Gasteiger partial charge in [0.15, 0.2) is 11.2 Å². The van der Waals surface area contributed by atoms with Crippen molar-refractivity contribution in [2.45, 2.75) is 17.4 Å². The molecule has 7 nitrogen and oxygen atoms in total. The van der Waals surface area contributed by atoms with E-state index in [2.05, 4.69) is 9.71 Å². The average Bonchev–Trinajstić information content (AvgIpc) is 3.35. The molecular weight excluding hydrogens is 469 g/mol. The van der Waals surface area contributed by atoms with E-state index in [9.17, 15) is 13.2 Å². The number of anilines is 2. The van der Waals surface area contributed by atoms with Gasteiger partial charge in [-0.25, -0.2) is 13.4 Å². The lowest BCUT2D eigenvalue weighted by Crippen LogP contribution is -2.32. The Labute approximate surface area is 188 Å². The molecular formula is C19H17Cl2N3O4S2. The van der Waals surface area contributed by atoms with Crippen LogP contribution >= 0.6 is 34.5 Å². The molecule has 1 fully saturated rings. The van der Waals surface area contributed by atoms with Crippen molar-refractivity contribution in [1.82, 2.24) is 4.98 Å². The maximum Gasteiger partial charge on any atom is 0.268 e. The second-order valence-electron chi connectivity index (χ2n) is 6.40. The second kappa shape index (κ2) is 8.43. The summed E-state index contributed by atoms with van der Waals surface area (Å²) in [6.07, 6.45) is 1.35. The van der Waals surface area contributed by atoms with Crippen molar-refractivity contribution in [1.29, 1.82) is 0 Å². The highest BCUT2D eigenvalue weighted by Gasteiger charge is 2.34. The van der Waals surface area contributed by atoms with Gasteiger partial charge in [0.1, 0.15) is 5.75 Å². The molecule has 30 heavy (non-hydrogen) atoms. The fraction of sp³-hybridized carbons (Fsp3) is 0.158. The summed E-state index contributed by atoms with van der Waals surface area (Å²) in [5.74, 6) is 0.247. The van der Waals surface area contributed by atoms with Crippen LogP contribution in [0.2, 0.25) is 10.0 Å². The van der Waals surface area contributed by atoms with E-state index in [0.29, 0.717) is 34.4 Å². The molecule has 1 amide bonds. The third-order valence-corrected chi connectivity index (χ3v) is 7.35. The van der Waals surface area contributed by atoms with Gasteiger partial charge in [-0.15, -0.1) is 11.3 Å². The number of amides is 1. The molecule has 0 spiro atoms. The van der Waals surface area contributed by atoms with Gasteiger partial charge in [0.05, 0.1) is 14.9 Å². The summed E-state index contributed by atoms with van der Waals surface area (Å²) in [7, 11) is -3.75. The standard InChI is InChI=1S/C19H15Cl2N3O4S2.H2/c20-15-6-3-13(11-16(15)21)28-17-7-9-24(18(17)25)12-1-4-14(5-2-12)30(26,27)23-19-22-8-10-29-19;/h1-6,8,10-11,17H,7,9H2,(H,22,23);1H. The molecule has 2 aromatic carbocycles. The molecule has 2 heterocycles. The Morgan fingerprint density at radius 3 is 2.60 bits per heavy atom. The average molecular weight is 486 g/mol. The summed E-state index contributed by atoms with van der Waals surface area (Å²) < 4.78 is 33.1. The summed E-state index contributed by atoms with van der Waals surface area (Å²) in [6, 6.07) is 10.9. The molecule has 1 atom stereocenters. The zero-order chi connectivity index (χ0) is 21.3. The first-order valence-electron chi connectivity index (χ1n) is 8.79. The molecule has 0 aliphatic carbocycles. The maximum atomic E-state index is 12.8. The van der Waals surface area contributed by atoms with E-state index in [1.807, 2.05) is 0 Å². The summed E-state index contributed by atoms with van der Waals surface area (Å²) >= 11 is 13.1. The Bertz CT molecular complexity index is 1180. The Hall–Kier alpha value is -2.33. The zero-order valence-electron chi connectivity index (χ0n) is 15.3. The minimum Gasteiger partial charge on any atom is -0.480 e. The highest BCUT2D eigenvalue weighted by atomic mass is 35.5. The molecule has 1 aliphatic heterocycles. The monoisotopic (exact) mass is 485 g/mol. The van der Waals surface area contributed by atoms with E-state index in [1.54, 1.807) is 40.6 Å². The van der Waals surface area contributed by atoms with E-state index >= 15 is 0 Å². The number of benzene rings is 2. The molecule has 0 bridgehead atoms. The Kier molecular flexibility index (Phi) is 5.88. The van der Waals surface area contributed by atoms with Crippen LogP contribution in [-0.4, -0.2) is 32.0 Å². The molecule has 0 radical (unpaired) electrons. The van der Waals surface area contributed by atoms with E-state index in [1.165, 1.54) is 29.7 Å². The molecule has 1 aromatic heterocycles. The van der Waals surface area contributed by atoms with Crippen molar-refractivity contribution < 1.29 is 19.4 Å². The number of carbonyl (C=O) groups excluding carboxylic acids is 1. The molecule has 158 valence electrons. The second-order valence-corrected chi connectivity index (χ2v) is 9.79. The summed E-state index contributed by atoms with van der Waals surface area (Å²) in [5, 5.41) is 2.72. The van der Waals surface area contributed by atoms with Crippen LogP contribution < -0.4 is 14.4 Å². The quantitative estimate of drug-likeness (QED) is 0.547. The fourth-order valence-electron chi connectivity index (χ4n) is 2.99. The minimum absolute atomic E-state index is 0. The first kappa shape index (κ1) is 20.9. The predicted octanol–water partition coefficient (Wildman–Crippen LogP) is 4.68. The lowest BCUT2D eigenvalue weighted by atomic mass is 10.3. The smallest absolute Gasteiger partial charge is 0.268 e. The van der Waals surface area contributed by atoms with Crippen LogP contribution in [0.1, 0.15) is 7.85 Å². The van der Waals surface area contributed by atoms with Crippen LogP contribution in [-0.2, 0) is 14.8 Å². The van der Waals surface area contributed by atoms with E-state index < -0.39 is 16.1 Å². The van der Waals surface area contributed by atoms with Gasteiger partial charge in [0, 0.05) is 37.7 Å². The molecule has 1 saturated heterocycles. The lowest BCUT2D eigenvalue weighted by molar-refractivity contribution is -0.122. The molecule has 4 rings (SSSR count). The number of nitrogens with zero attached hydrogens (tertiary/aromatic N) is 2. The number of thiazole rings is 1. The van der Waals surface area contributed by atoms with Gasteiger partial charge in [-0.1, -0.05) is 23.2 Å². The largest absolute Gasteiger partial charge is 0.480 e. The first-order chi connectivity index (χ1) is 14.3. The van der Waals surface area contributed by atoms with Gasteiger partial charge in [-0.05, 0) is 36.4 Å². The van der Waals surface area contributed by atoms with Crippen LogP contribution in [0, 0.1) is 0 Å². The highest BCUT2D eigenvalue weighted by molar-refractivity contribution is 7.93. The van der Waals surface area contributed by atoms with Gasteiger partial charge >= 0.3 is 0 Å². The number of ether oxygens (including phenoxy) is 1. The lowest BCUT2D eigenvalue weighted by Gasteiger charge is -2.18. The van der Waals surface area contributed by atoms with Gasteiger partial charge in [0.2, 0.25) is 0 Å². The van der Waals surface area contributed by atoms with Crippen molar-refractivity contribution >= 4 is 61.3 Å². The number of nitrogens with one attached hydrogen (secondary N) is 1. The summed E-state index contributed by atoms with van der Waals surface area (Å²) in [5.41, 5.74) is 0.591.